The van der Waals surface area contributed by atoms with Crippen molar-refractivity contribution in [3.8, 4) is 0 Å². The van der Waals surface area contributed by atoms with Crippen molar-refractivity contribution < 1.29 is 9.53 Å². The summed E-state index contributed by atoms with van der Waals surface area (Å²) in [5.74, 6) is 1.15. The molecule has 1 amide bonds. The number of fused-ring (bicyclic) bond motifs is 2. The maximum Gasteiger partial charge on any atom is 0.414 e. The standard InChI is InChI=1S/C21H26N2O2.C16H18N2/c1-14-6-11-19(23(13-14)20(24)25-21(3,4)5)17-10-9-16-8-7-15(2)22-18(16)12-17;1-11-3-8-15(17-10-11)14-7-6-13-5-4-12(2)18-16(13)9-14/h7-12,14H,6,13H2,1-5H3;4-7,9,11H,3,8,10H2,1-2H3. The van der Waals surface area contributed by atoms with Crippen LogP contribution in [0.5, 0.6) is 0 Å². The molecule has 6 nitrogen and oxygen atoms in total. The largest absolute Gasteiger partial charge is 0.443 e. The van der Waals surface area contributed by atoms with Crippen molar-refractivity contribution >= 4 is 39.3 Å². The second-order valence-corrected chi connectivity index (χ2v) is 13.2. The molecule has 0 aliphatic carbocycles. The number of pyridine rings is 2. The topological polar surface area (TPSA) is 67.7 Å². The summed E-state index contributed by atoms with van der Waals surface area (Å²) in [6, 6.07) is 20.9. The molecular weight excluding hydrogens is 532 g/mol. The van der Waals surface area contributed by atoms with Crippen LogP contribution in [0.2, 0.25) is 0 Å². The Morgan fingerprint density at radius 2 is 1.42 bits per heavy atom. The Kier molecular flexibility index (Phi) is 8.95. The van der Waals surface area contributed by atoms with E-state index in [2.05, 4.69) is 84.5 Å². The van der Waals surface area contributed by atoms with Crippen molar-refractivity contribution in [1.29, 1.82) is 0 Å². The van der Waals surface area contributed by atoms with Crippen LogP contribution in [-0.4, -0.2) is 45.4 Å². The average molecular weight is 577 g/mol. The molecular formula is C37H44N4O2. The van der Waals surface area contributed by atoms with Crippen molar-refractivity contribution in [3.63, 3.8) is 0 Å². The van der Waals surface area contributed by atoms with E-state index < -0.39 is 5.60 Å². The summed E-state index contributed by atoms with van der Waals surface area (Å²) in [7, 11) is 0. The number of ether oxygens (including phenoxy) is 1. The molecule has 224 valence electrons. The maximum absolute atomic E-state index is 12.7. The molecule has 0 radical (unpaired) electrons. The normalized spacial score (nSPS) is 18.9. The summed E-state index contributed by atoms with van der Waals surface area (Å²) in [6.45, 7) is 15.8. The van der Waals surface area contributed by atoms with Gasteiger partial charge in [0, 0.05) is 46.5 Å². The van der Waals surface area contributed by atoms with Gasteiger partial charge in [0.1, 0.15) is 5.60 Å². The van der Waals surface area contributed by atoms with Gasteiger partial charge in [0.2, 0.25) is 0 Å². The highest BCUT2D eigenvalue weighted by Crippen LogP contribution is 2.31. The molecule has 2 aromatic heterocycles. The van der Waals surface area contributed by atoms with E-state index in [1.54, 1.807) is 4.90 Å². The van der Waals surface area contributed by atoms with Crippen LogP contribution in [0, 0.1) is 25.7 Å². The Balaban J connectivity index is 0.000000180. The first kappa shape index (κ1) is 30.4. The second-order valence-electron chi connectivity index (χ2n) is 13.2. The third-order valence-electron chi connectivity index (χ3n) is 7.87. The zero-order valence-corrected chi connectivity index (χ0v) is 26.6. The molecule has 43 heavy (non-hydrogen) atoms. The Bertz CT molecular complexity index is 1700. The summed E-state index contributed by atoms with van der Waals surface area (Å²) >= 11 is 0. The molecule has 4 heterocycles. The molecule has 4 aromatic rings. The quantitative estimate of drug-likeness (QED) is 0.239. The maximum atomic E-state index is 12.7. The highest BCUT2D eigenvalue weighted by Gasteiger charge is 2.29. The lowest BCUT2D eigenvalue weighted by Crippen LogP contribution is -2.39. The summed E-state index contributed by atoms with van der Waals surface area (Å²) in [5.41, 5.74) is 7.98. The van der Waals surface area contributed by atoms with Gasteiger partial charge in [0.15, 0.2) is 0 Å². The molecule has 0 saturated heterocycles. The number of nitrogens with zero attached hydrogens (tertiary/aromatic N) is 4. The first-order valence-electron chi connectivity index (χ1n) is 15.4. The van der Waals surface area contributed by atoms with Crippen LogP contribution in [0.1, 0.15) is 76.4 Å². The van der Waals surface area contributed by atoms with Crippen LogP contribution in [0.15, 0.2) is 71.7 Å². The van der Waals surface area contributed by atoms with Gasteiger partial charge in [-0.2, -0.15) is 0 Å². The lowest BCUT2D eigenvalue weighted by molar-refractivity contribution is 0.0327. The van der Waals surface area contributed by atoms with E-state index in [4.69, 9.17) is 9.73 Å². The van der Waals surface area contributed by atoms with Crippen molar-refractivity contribution in [2.24, 2.45) is 16.8 Å². The number of hydrogen-bond acceptors (Lipinski definition) is 5. The third-order valence-corrected chi connectivity index (χ3v) is 7.87. The summed E-state index contributed by atoms with van der Waals surface area (Å²) < 4.78 is 5.61. The highest BCUT2D eigenvalue weighted by atomic mass is 16.6. The van der Waals surface area contributed by atoms with Crippen LogP contribution < -0.4 is 0 Å². The molecule has 6 rings (SSSR count). The van der Waals surface area contributed by atoms with E-state index in [-0.39, 0.29) is 6.09 Å². The molecule has 0 N–H and O–H groups in total. The molecule has 2 unspecified atom stereocenters. The minimum absolute atomic E-state index is 0.289. The molecule has 2 aromatic carbocycles. The van der Waals surface area contributed by atoms with Gasteiger partial charge in [-0.25, -0.2) is 4.79 Å². The van der Waals surface area contributed by atoms with Crippen LogP contribution in [-0.2, 0) is 4.74 Å². The van der Waals surface area contributed by atoms with Gasteiger partial charge in [0.05, 0.1) is 16.7 Å². The number of carbonyl (C=O) groups is 1. The van der Waals surface area contributed by atoms with Gasteiger partial charge >= 0.3 is 6.09 Å². The number of hydrogen-bond donors (Lipinski definition) is 0. The summed E-state index contributed by atoms with van der Waals surface area (Å²) in [4.78, 5) is 28.4. The van der Waals surface area contributed by atoms with Crippen molar-refractivity contribution in [2.45, 2.75) is 73.3 Å². The van der Waals surface area contributed by atoms with E-state index in [0.29, 0.717) is 12.5 Å². The molecule has 2 atom stereocenters. The molecule has 0 fully saturated rings. The Labute approximate surface area is 255 Å². The lowest BCUT2D eigenvalue weighted by Gasteiger charge is -2.34. The minimum atomic E-state index is -0.509. The van der Waals surface area contributed by atoms with Crippen LogP contribution in [0.25, 0.3) is 27.5 Å². The van der Waals surface area contributed by atoms with Gasteiger partial charge in [-0.3, -0.25) is 19.9 Å². The van der Waals surface area contributed by atoms with Crippen LogP contribution >= 0.6 is 0 Å². The predicted molar refractivity (Wildman–Crippen MR) is 177 cm³/mol. The number of aliphatic imine (C=N–C) groups is 1. The Morgan fingerprint density at radius 3 is 2.00 bits per heavy atom. The fourth-order valence-electron chi connectivity index (χ4n) is 5.50. The number of amides is 1. The Morgan fingerprint density at radius 1 is 0.837 bits per heavy atom. The predicted octanol–water partition coefficient (Wildman–Crippen LogP) is 8.92. The monoisotopic (exact) mass is 576 g/mol. The van der Waals surface area contributed by atoms with E-state index in [9.17, 15) is 4.79 Å². The van der Waals surface area contributed by atoms with Crippen molar-refractivity contribution in [2.75, 3.05) is 13.1 Å². The lowest BCUT2D eigenvalue weighted by atomic mass is 9.95. The SMILES string of the molecule is Cc1ccc2ccc(C3=CCC(C)CN3C(=O)OC(C)(C)C)cc2n1.Cc1ccc2ccc(C3=NCC(C)CC3)cc2n1. The first-order chi connectivity index (χ1) is 20.4. The smallest absolute Gasteiger partial charge is 0.414 e. The fourth-order valence-corrected chi connectivity index (χ4v) is 5.50. The van der Waals surface area contributed by atoms with E-state index in [0.717, 1.165) is 64.4 Å². The van der Waals surface area contributed by atoms with E-state index >= 15 is 0 Å². The van der Waals surface area contributed by atoms with E-state index in [1.807, 2.05) is 40.7 Å². The number of aryl methyl sites for hydroxylation is 2. The highest BCUT2D eigenvalue weighted by molar-refractivity contribution is 6.03. The zero-order valence-electron chi connectivity index (χ0n) is 26.6. The van der Waals surface area contributed by atoms with Gasteiger partial charge in [-0.1, -0.05) is 56.3 Å². The van der Waals surface area contributed by atoms with Gasteiger partial charge in [0.25, 0.3) is 0 Å². The van der Waals surface area contributed by atoms with Crippen LogP contribution in [0.3, 0.4) is 0 Å². The molecule has 2 aliphatic rings. The first-order valence-corrected chi connectivity index (χ1v) is 15.4. The van der Waals surface area contributed by atoms with E-state index in [1.165, 1.54) is 23.1 Å². The molecule has 0 bridgehead atoms. The zero-order chi connectivity index (χ0) is 30.7. The number of carbonyl (C=O) groups excluding carboxylic acids is 1. The van der Waals surface area contributed by atoms with Crippen molar-refractivity contribution in [1.82, 2.24) is 14.9 Å². The number of allylic oxidation sites excluding steroid dienone is 1. The number of benzene rings is 2. The fraction of sp³-hybridized carbons (Fsp3) is 0.405. The Hall–Kier alpha value is -4.06. The third kappa shape index (κ3) is 7.67. The van der Waals surface area contributed by atoms with Gasteiger partial charge in [-0.15, -0.1) is 0 Å². The second kappa shape index (κ2) is 12.7. The molecule has 0 saturated carbocycles. The molecule has 6 heteroatoms. The van der Waals surface area contributed by atoms with Gasteiger partial charge in [-0.05, 0) is 95.5 Å². The van der Waals surface area contributed by atoms with Crippen molar-refractivity contribution in [3.05, 3.63) is 89.3 Å². The minimum Gasteiger partial charge on any atom is -0.443 e. The van der Waals surface area contributed by atoms with Gasteiger partial charge < -0.3 is 4.74 Å². The average Bonchev–Trinajstić information content (AvgIpc) is 2.96. The van der Waals surface area contributed by atoms with Crippen LogP contribution in [0.4, 0.5) is 4.79 Å². The molecule has 0 spiro atoms. The summed E-state index contributed by atoms with van der Waals surface area (Å²) in [5, 5.41) is 2.30. The number of rotatable bonds is 2. The number of aromatic nitrogens is 2. The summed E-state index contributed by atoms with van der Waals surface area (Å²) in [6.07, 6.45) is 5.14. The molecule has 2 aliphatic heterocycles.